The average Bonchev–Trinajstić information content (AvgIpc) is 2.65. The number of esters is 1. The van der Waals surface area contributed by atoms with Crippen LogP contribution in [0, 0.1) is 0 Å². The van der Waals surface area contributed by atoms with Gasteiger partial charge in [0.2, 0.25) is 0 Å². The van der Waals surface area contributed by atoms with Crippen LogP contribution in [0.3, 0.4) is 0 Å². The Labute approximate surface area is 166 Å². The fourth-order valence-electron chi connectivity index (χ4n) is 4.05. The van der Waals surface area contributed by atoms with E-state index in [2.05, 4.69) is 27.7 Å². The summed E-state index contributed by atoms with van der Waals surface area (Å²) < 4.78 is 5.62. The number of rotatable bonds is 4. The van der Waals surface area contributed by atoms with Crippen molar-refractivity contribution >= 4 is 11.9 Å². The Balaban J connectivity index is 1.89. The fourth-order valence-corrected chi connectivity index (χ4v) is 4.05. The van der Waals surface area contributed by atoms with Crippen LogP contribution in [-0.2, 0) is 15.6 Å². The number of benzene rings is 2. The van der Waals surface area contributed by atoms with Gasteiger partial charge in [0.1, 0.15) is 6.10 Å². The Morgan fingerprint density at radius 1 is 0.964 bits per heavy atom. The third-order valence-electron chi connectivity index (χ3n) is 6.00. The van der Waals surface area contributed by atoms with Crippen molar-refractivity contribution in [3.05, 3.63) is 70.3 Å². The maximum atomic E-state index is 12.8. The summed E-state index contributed by atoms with van der Waals surface area (Å²) in [5.74, 6) is -1.47. The van der Waals surface area contributed by atoms with Gasteiger partial charge in [0.15, 0.2) is 0 Å². The highest BCUT2D eigenvalue weighted by molar-refractivity contribution is 5.91. The molecule has 0 radical (unpaired) electrons. The largest absolute Gasteiger partial charge is 0.478 e. The predicted octanol–water partition coefficient (Wildman–Crippen LogP) is 5.65. The first kappa shape index (κ1) is 20.1. The van der Waals surface area contributed by atoms with E-state index in [1.54, 1.807) is 25.1 Å². The maximum Gasteiger partial charge on any atom is 0.338 e. The number of carboxylic acids is 1. The molecule has 0 amide bonds. The minimum atomic E-state index is -1.03. The fraction of sp³-hybridized carbons (Fsp3) is 0.417. The van der Waals surface area contributed by atoms with Gasteiger partial charge in [-0.1, -0.05) is 52.0 Å². The molecule has 148 valence electrons. The summed E-state index contributed by atoms with van der Waals surface area (Å²) in [4.78, 5) is 24.2. The summed E-state index contributed by atoms with van der Waals surface area (Å²) in [5, 5.41) is 9.36. The maximum absolute atomic E-state index is 12.8. The highest BCUT2D eigenvalue weighted by Crippen LogP contribution is 2.46. The molecular weight excluding hydrogens is 352 g/mol. The van der Waals surface area contributed by atoms with Crippen LogP contribution in [0.2, 0.25) is 0 Å². The molecule has 28 heavy (non-hydrogen) atoms. The van der Waals surface area contributed by atoms with Crippen LogP contribution in [0.15, 0.2) is 42.5 Å². The molecule has 2 aromatic carbocycles. The number of carbonyl (C=O) groups excluding carboxylic acids is 1. The lowest BCUT2D eigenvalue weighted by Gasteiger charge is -2.42. The van der Waals surface area contributed by atoms with Crippen molar-refractivity contribution in [1.82, 2.24) is 0 Å². The number of hydrogen-bond donors (Lipinski definition) is 1. The topological polar surface area (TPSA) is 63.6 Å². The summed E-state index contributed by atoms with van der Waals surface area (Å²) in [5.41, 5.74) is 3.70. The second-order valence-electron chi connectivity index (χ2n) is 8.97. The van der Waals surface area contributed by atoms with Crippen LogP contribution in [0.5, 0.6) is 0 Å². The minimum Gasteiger partial charge on any atom is -0.478 e. The van der Waals surface area contributed by atoms with Gasteiger partial charge in [-0.25, -0.2) is 9.59 Å². The van der Waals surface area contributed by atoms with Crippen molar-refractivity contribution in [2.45, 2.75) is 64.4 Å². The van der Waals surface area contributed by atoms with Gasteiger partial charge in [0.25, 0.3) is 0 Å². The molecule has 0 saturated heterocycles. The van der Waals surface area contributed by atoms with Crippen LogP contribution in [0.4, 0.5) is 0 Å². The van der Waals surface area contributed by atoms with Crippen molar-refractivity contribution in [3.63, 3.8) is 0 Å². The molecule has 2 aromatic rings. The monoisotopic (exact) mass is 380 g/mol. The first-order valence-corrected chi connectivity index (χ1v) is 9.71. The molecule has 1 aliphatic carbocycles. The zero-order chi connectivity index (χ0) is 20.7. The van der Waals surface area contributed by atoms with E-state index in [1.165, 1.54) is 17.2 Å². The van der Waals surface area contributed by atoms with E-state index in [1.807, 2.05) is 18.2 Å². The lowest BCUT2D eigenvalue weighted by molar-refractivity contribution is 0.0330. The number of aromatic carboxylic acids is 1. The van der Waals surface area contributed by atoms with Crippen LogP contribution in [0.1, 0.15) is 91.0 Å². The van der Waals surface area contributed by atoms with Crippen LogP contribution in [0.25, 0.3) is 0 Å². The molecular formula is C24H28O4. The van der Waals surface area contributed by atoms with Crippen molar-refractivity contribution in [3.8, 4) is 0 Å². The predicted molar refractivity (Wildman–Crippen MR) is 109 cm³/mol. The number of fused-ring (bicyclic) bond motifs is 1. The van der Waals surface area contributed by atoms with Gasteiger partial charge < -0.3 is 9.84 Å². The molecule has 0 heterocycles. The van der Waals surface area contributed by atoms with E-state index < -0.39 is 18.0 Å². The Morgan fingerprint density at radius 3 is 2.21 bits per heavy atom. The number of ether oxygens (including phenoxy) is 1. The van der Waals surface area contributed by atoms with Crippen molar-refractivity contribution in [2.75, 3.05) is 0 Å². The Hall–Kier alpha value is -2.62. The van der Waals surface area contributed by atoms with Gasteiger partial charge in [0.05, 0.1) is 11.1 Å². The van der Waals surface area contributed by atoms with E-state index in [4.69, 9.17) is 4.74 Å². The standard InChI is InChI=1S/C24H28O4/c1-15(17-8-6-7-9-18(17)21(25)26)28-22(27)16-10-11-19-20(14-16)24(4,5)13-12-23(19,2)3/h6-11,14-15H,12-13H2,1-5H3,(H,25,26). The van der Waals surface area contributed by atoms with Gasteiger partial charge in [-0.2, -0.15) is 0 Å². The summed E-state index contributed by atoms with van der Waals surface area (Å²) in [6, 6.07) is 12.4. The Bertz CT molecular complexity index is 924. The number of carboxylic acid groups (broad SMARTS) is 1. The summed E-state index contributed by atoms with van der Waals surface area (Å²) in [6.45, 7) is 10.6. The molecule has 0 fully saturated rings. The first-order chi connectivity index (χ1) is 13.0. The molecule has 0 spiro atoms. The lowest BCUT2D eigenvalue weighted by Crippen LogP contribution is -2.34. The quantitative estimate of drug-likeness (QED) is 0.696. The van der Waals surface area contributed by atoms with Gasteiger partial charge in [-0.05, 0) is 59.9 Å². The summed E-state index contributed by atoms with van der Waals surface area (Å²) >= 11 is 0. The van der Waals surface area contributed by atoms with E-state index in [0.717, 1.165) is 12.8 Å². The zero-order valence-electron chi connectivity index (χ0n) is 17.2. The molecule has 4 nitrogen and oxygen atoms in total. The highest BCUT2D eigenvalue weighted by Gasteiger charge is 2.37. The van der Waals surface area contributed by atoms with Gasteiger partial charge in [0, 0.05) is 5.56 Å². The second kappa shape index (κ2) is 7.08. The number of hydrogen-bond acceptors (Lipinski definition) is 3. The highest BCUT2D eigenvalue weighted by atomic mass is 16.5. The molecule has 1 atom stereocenters. The van der Waals surface area contributed by atoms with Crippen molar-refractivity contribution in [2.24, 2.45) is 0 Å². The average molecular weight is 380 g/mol. The Kier molecular flexibility index (Phi) is 5.09. The van der Waals surface area contributed by atoms with Crippen LogP contribution in [-0.4, -0.2) is 17.0 Å². The minimum absolute atomic E-state index is 0.00265. The van der Waals surface area contributed by atoms with Crippen molar-refractivity contribution in [1.29, 1.82) is 0 Å². The Morgan fingerprint density at radius 2 is 1.57 bits per heavy atom. The molecule has 1 aliphatic rings. The summed E-state index contributed by atoms with van der Waals surface area (Å²) in [7, 11) is 0. The third-order valence-corrected chi connectivity index (χ3v) is 6.00. The molecule has 0 bridgehead atoms. The van der Waals surface area contributed by atoms with E-state index in [0.29, 0.717) is 11.1 Å². The van der Waals surface area contributed by atoms with Gasteiger partial charge in [-0.15, -0.1) is 0 Å². The van der Waals surface area contributed by atoms with Gasteiger partial charge in [-0.3, -0.25) is 0 Å². The molecule has 0 aliphatic heterocycles. The second-order valence-corrected chi connectivity index (χ2v) is 8.97. The third kappa shape index (κ3) is 3.68. The van der Waals surface area contributed by atoms with Gasteiger partial charge >= 0.3 is 11.9 Å². The molecule has 0 saturated carbocycles. The van der Waals surface area contributed by atoms with Crippen molar-refractivity contribution < 1.29 is 19.4 Å². The lowest BCUT2D eigenvalue weighted by atomic mass is 9.63. The van der Waals surface area contributed by atoms with Crippen LogP contribution >= 0.6 is 0 Å². The molecule has 3 rings (SSSR count). The smallest absolute Gasteiger partial charge is 0.338 e. The molecule has 1 N–H and O–H groups in total. The normalized spacial score (nSPS) is 18.0. The number of carbonyl (C=O) groups is 2. The summed E-state index contributed by atoms with van der Waals surface area (Å²) in [6.07, 6.45) is 1.52. The molecule has 1 unspecified atom stereocenters. The van der Waals surface area contributed by atoms with E-state index in [9.17, 15) is 14.7 Å². The molecule has 0 aromatic heterocycles. The zero-order valence-corrected chi connectivity index (χ0v) is 17.2. The SMILES string of the molecule is CC(OC(=O)c1ccc2c(c1)C(C)(C)CCC2(C)C)c1ccccc1C(=O)O. The molecule has 4 heteroatoms. The van der Waals surface area contributed by atoms with E-state index >= 15 is 0 Å². The van der Waals surface area contributed by atoms with Crippen LogP contribution < -0.4 is 0 Å². The van der Waals surface area contributed by atoms with E-state index in [-0.39, 0.29) is 16.4 Å². The first-order valence-electron chi connectivity index (χ1n) is 9.71.